The van der Waals surface area contributed by atoms with Crippen LogP contribution in [-0.2, 0) is 11.2 Å². The van der Waals surface area contributed by atoms with Crippen molar-refractivity contribution in [2.75, 3.05) is 6.54 Å². The molecule has 2 amide bonds. The molecule has 6 nitrogen and oxygen atoms in total. The Kier molecular flexibility index (Phi) is 5.53. The Morgan fingerprint density at radius 1 is 1.11 bits per heavy atom. The van der Waals surface area contributed by atoms with Gasteiger partial charge in [-0.25, -0.2) is 0 Å². The maximum atomic E-state index is 12.9. The van der Waals surface area contributed by atoms with Gasteiger partial charge in [0.05, 0.1) is 11.6 Å². The number of nitriles is 1. The zero-order chi connectivity index (χ0) is 19.2. The van der Waals surface area contributed by atoms with Crippen molar-refractivity contribution in [2.45, 2.75) is 19.4 Å². The molecule has 27 heavy (non-hydrogen) atoms. The smallest absolute Gasteiger partial charge is 0.254 e. The van der Waals surface area contributed by atoms with Crippen LogP contribution in [0.1, 0.15) is 21.6 Å². The van der Waals surface area contributed by atoms with Crippen LogP contribution in [0.4, 0.5) is 0 Å². The molecule has 2 aromatic carbocycles. The van der Waals surface area contributed by atoms with Crippen LogP contribution >= 0.6 is 0 Å². The Bertz CT molecular complexity index is 1000. The molecule has 6 heteroatoms. The lowest BCUT2D eigenvalue weighted by Gasteiger charge is -2.18. The monoisotopic (exact) mass is 360 g/mol. The molecule has 0 bridgehead atoms. The number of hydrogen-bond acceptors (Lipinski definition) is 3. The van der Waals surface area contributed by atoms with Gasteiger partial charge in [-0.2, -0.15) is 5.26 Å². The third-order valence-corrected chi connectivity index (χ3v) is 4.37. The maximum absolute atomic E-state index is 12.9. The van der Waals surface area contributed by atoms with Gasteiger partial charge in [0.15, 0.2) is 0 Å². The van der Waals surface area contributed by atoms with Gasteiger partial charge in [-0.3, -0.25) is 9.59 Å². The topological polar surface area (TPSA) is 97.8 Å². The maximum Gasteiger partial charge on any atom is 0.254 e. The van der Waals surface area contributed by atoms with Crippen LogP contribution in [0.2, 0.25) is 0 Å². The van der Waals surface area contributed by atoms with E-state index in [2.05, 4.69) is 15.6 Å². The van der Waals surface area contributed by atoms with Crippen molar-refractivity contribution >= 4 is 22.7 Å². The Labute approximate surface area is 157 Å². The fourth-order valence-electron chi connectivity index (χ4n) is 3.11. The highest BCUT2D eigenvalue weighted by Crippen LogP contribution is 2.22. The van der Waals surface area contributed by atoms with E-state index in [0.29, 0.717) is 12.0 Å². The number of fused-ring (bicyclic) bond motifs is 1. The number of aromatic amines is 1. The minimum absolute atomic E-state index is 0.105. The molecule has 1 atom stereocenters. The predicted molar refractivity (Wildman–Crippen MR) is 103 cm³/mol. The molecule has 136 valence electrons. The number of hydrogen-bond donors (Lipinski definition) is 3. The number of nitrogens with zero attached hydrogens (tertiary/aromatic N) is 1. The molecule has 3 aromatic rings. The molecule has 3 rings (SSSR count). The lowest BCUT2D eigenvalue weighted by molar-refractivity contribution is -0.122. The quantitative estimate of drug-likeness (QED) is 0.589. The lowest BCUT2D eigenvalue weighted by Crippen LogP contribution is -2.48. The molecule has 0 aliphatic heterocycles. The van der Waals surface area contributed by atoms with E-state index in [0.717, 1.165) is 22.2 Å². The normalized spacial score (nSPS) is 11.6. The molecule has 0 saturated heterocycles. The van der Waals surface area contributed by atoms with Crippen LogP contribution in [0.3, 0.4) is 0 Å². The second-order valence-electron chi connectivity index (χ2n) is 6.26. The first-order valence-corrected chi connectivity index (χ1v) is 8.67. The van der Waals surface area contributed by atoms with Crippen molar-refractivity contribution in [3.05, 3.63) is 71.4 Å². The number of nitrogens with one attached hydrogen (secondary N) is 3. The van der Waals surface area contributed by atoms with E-state index < -0.39 is 6.04 Å². The average Bonchev–Trinajstić information content (AvgIpc) is 3.02. The van der Waals surface area contributed by atoms with Crippen LogP contribution in [0.25, 0.3) is 10.9 Å². The number of aryl methyl sites for hydroxylation is 1. The van der Waals surface area contributed by atoms with Crippen LogP contribution < -0.4 is 10.6 Å². The Balaban J connectivity index is 1.86. The fourth-order valence-corrected chi connectivity index (χ4v) is 3.11. The second kappa shape index (κ2) is 8.19. The molecule has 0 radical (unpaired) electrons. The minimum atomic E-state index is -0.777. The summed E-state index contributed by atoms with van der Waals surface area (Å²) in [5, 5.41) is 14.9. The first-order valence-electron chi connectivity index (χ1n) is 8.67. The predicted octanol–water partition coefficient (Wildman–Crippen LogP) is 2.46. The summed E-state index contributed by atoms with van der Waals surface area (Å²) in [5.74, 6) is -0.704. The van der Waals surface area contributed by atoms with Gasteiger partial charge in [0.1, 0.15) is 12.6 Å². The van der Waals surface area contributed by atoms with Crippen molar-refractivity contribution in [2.24, 2.45) is 0 Å². The van der Waals surface area contributed by atoms with Gasteiger partial charge in [0, 0.05) is 23.0 Å². The van der Waals surface area contributed by atoms with Crippen LogP contribution in [0, 0.1) is 18.3 Å². The average molecular weight is 360 g/mol. The van der Waals surface area contributed by atoms with E-state index in [1.54, 1.807) is 0 Å². The molecule has 3 N–H and O–H groups in total. The van der Waals surface area contributed by atoms with Gasteiger partial charge in [-0.1, -0.05) is 48.5 Å². The molecule has 0 aliphatic carbocycles. The van der Waals surface area contributed by atoms with E-state index >= 15 is 0 Å². The summed E-state index contributed by atoms with van der Waals surface area (Å²) in [6.45, 7) is 1.73. The van der Waals surface area contributed by atoms with Crippen molar-refractivity contribution in [3.8, 4) is 6.07 Å². The van der Waals surface area contributed by atoms with Crippen molar-refractivity contribution in [3.63, 3.8) is 0 Å². The summed E-state index contributed by atoms with van der Waals surface area (Å²) in [7, 11) is 0. The zero-order valence-electron chi connectivity index (χ0n) is 15.0. The molecule has 0 fully saturated rings. The highest BCUT2D eigenvalue weighted by molar-refractivity contribution is 6.09. The van der Waals surface area contributed by atoms with E-state index in [4.69, 9.17) is 5.26 Å². The molecule has 1 unspecified atom stereocenters. The molecule has 1 aromatic heterocycles. The van der Waals surface area contributed by atoms with Crippen LogP contribution in [0.5, 0.6) is 0 Å². The number of aromatic nitrogens is 1. The first-order chi connectivity index (χ1) is 13.1. The van der Waals surface area contributed by atoms with E-state index in [-0.39, 0.29) is 18.4 Å². The Hall–Kier alpha value is -3.59. The molecule has 0 saturated carbocycles. The fraction of sp³-hybridized carbons (Fsp3) is 0.190. The number of carbonyl (C=O) groups is 2. The van der Waals surface area contributed by atoms with Crippen molar-refractivity contribution in [1.82, 2.24) is 15.6 Å². The van der Waals surface area contributed by atoms with Crippen molar-refractivity contribution in [1.29, 1.82) is 5.26 Å². The number of rotatable bonds is 6. The summed E-state index contributed by atoms with van der Waals surface area (Å²) < 4.78 is 0. The largest absolute Gasteiger partial charge is 0.358 e. The highest BCUT2D eigenvalue weighted by atomic mass is 16.2. The van der Waals surface area contributed by atoms with E-state index in [1.807, 2.05) is 67.6 Å². The molecule has 0 aliphatic rings. The number of H-pyrrole nitrogens is 1. The summed E-state index contributed by atoms with van der Waals surface area (Å²) in [6.07, 6.45) is 0.339. The summed E-state index contributed by atoms with van der Waals surface area (Å²) in [6, 6.07) is 18.1. The van der Waals surface area contributed by atoms with Gasteiger partial charge in [0.2, 0.25) is 5.91 Å². The summed E-state index contributed by atoms with van der Waals surface area (Å²) in [5.41, 5.74) is 3.06. The van der Waals surface area contributed by atoms with Crippen molar-refractivity contribution < 1.29 is 9.59 Å². The van der Waals surface area contributed by atoms with Gasteiger partial charge in [-0.15, -0.1) is 0 Å². The number of para-hydroxylation sites is 1. The Morgan fingerprint density at radius 2 is 1.81 bits per heavy atom. The Morgan fingerprint density at radius 3 is 2.56 bits per heavy atom. The first kappa shape index (κ1) is 18.2. The number of carbonyl (C=O) groups excluding carboxylic acids is 2. The summed E-state index contributed by atoms with van der Waals surface area (Å²) in [4.78, 5) is 28.6. The number of amides is 2. The molecular formula is C21H20N4O2. The van der Waals surface area contributed by atoms with Gasteiger partial charge in [-0.05, 0) is 18.6 Å². The standard InChI is InChI=1S/C21H20N4O2/c1-14-19(16-9-5-6-10-17(16)24-14)21(27)25-18(20(26)23-12-11-22)13-15-7-3-2-4-8-15/h2-10,18,24H,12-13H2,1H3,(H,23,26)(H,25,27). The second-order valence-corrected chi connectivity index (χ2v) is 6.26. The van der Waals surface area contributed by atoms with Crippen LogP contribution in [-0.4, -0.2) is 29.4 Å². The van der Waals surface area contributed by atoms with Gasteiger partial charge in [0.25, 0.3) is 5.91 Å². The minimum Gasteiger partial charge on any atom is -0.358 e. The lowest BCUT2D eigenvalue weighted by atomic mass is 10.0. The number of benzene rings is 2. The van der Waals surface area contributed by atoms with Gasteiger partial charge < -0.3 is 15.6 Å². The SMILES string of the molecule is Cc1[nH]c2ccccc2c1C(=O)NC(Cc1ccccc1)C(=O)NCC#N. The highest BCUT2D eigenvalue weighted by Gasteiger charge is 2.24. The third kappa shape index (κ3) is 4.15. The molecule has 0 spiro atoms. The van der Waals surface area contributed by atoms with E-state index in [1.165, 1.54) is 0 Å². The molecular weight excluding hydrogens is 340 g/mol. The molecule has 1 heterocycles. The van der Waals surface area contributed by atoms with Gasteiger partial charge >= 0.3 is 0 Å². The van der Waals surface area contributed by atoms with Crippen LogP contribution in [0.15, 0.2) is 54.6 Å². The zero-order valence-corrected chi connectivity index (χ0v) is 15.0. The third-order valence-electron chi connectivity index (χ3n) is 4.37. The van der Waals surface area contributed by atoms with E-state index in [9.17, 15) is 9.59 Å². The summed E-state index contributed by atoms with van der Waals surface area (Å²) >= 11 is 0.